The SMILES string of the molecule is C#Cc1c(F)ccc2cc(O)cc(-c3nc4c5c(nc(C)c(I)c5c3F)N3C[C@H]5CC[C@H](N5)[C@H]3CO4)c12. The van der Waals surface area contributed by atoms with Gasteiger partial charge in [-0.3, -0.25) is 0 Å². The van der Waals surface area contributed by atoms with Crippen LogP contribution in [0.1, 0.15) is 24.1 Å². The lowest BCUT2D eigenvalue weighted by atomic mass is 9.95. The smallest absolute Gasteiger partial charge is 0.226 e. The van der Waals surface area contributed by atoms with Gasteiger partial charge in [-0.25, -0.2) is 18.7 Å². The normalized spacial score (nSPS) is 22.0. The van der Waals surface area contributed by atoms with E-state index in [9.17, 15) is 9.50 Å². The minimum Gasteiger partial charge on any atom is -0.508 e. The van der Waals surface area contributed by atoms with Gasteiger partial charge in [0.2, 0.25) is 5.88 Å². The lowest BCUT2D eigenvalue weighted by Gasteiger charge is -2.40. The molecule has 7 rings (SSSR count). The maximum absolute atomic E-state index is 16.6. The molecule has 9 heteroatoms. The van der Waals surface area contributed by atoms with Crippen LogP contribution in [0.25, 0.3) is 32.8 Å². The van der Waals surface area contributed by atoms with E-state index in [4.69, 9.17) is 16.1 Å². The number of hydrogen-bond donors (Lipinski definition) is 2. The average Bonchev–Trinajstić information content (AvgIpc) is 3.20. The number of halogens is 3. The molecule has 0 saturated carbocycles. The van der Waals surface area contributed by atoms with Gasteiger partial charge in [-0.15, -0.1) is 6.42 Å². The largest absolute Gasteiger partial charge is 0.508 e. The van der Waals surface area contributed by atoms with Crippen molar-refractivity contribution < 1.29 is 18.6 Å². The van der Waals surface area contributed by atoms with Crippen molar-refractivity contribution in [2.24, 2.45) is 0 Å². The Morgan fingerprint density at radius 3 is 2.84 bits per heavy atom. The van der Waals surface area contributed by atoms with Crippen LogP contribution in [0.3, 0.4) is 0 Å². The highest BCUT2D eigenvalue weighted by molar-refractivity contribution is 14.1. The first-order valence-corrected chi connectivity index (χ1v) is 13.2. The molecule has 3 atom stereocenters. The Morgan fingerprint density at radius 1 is 1.19 bits per heavy atom. The molecule has 0 amide bonds. The molecule has 5 heterocycles. The Balaban J connectivity index is 1.57. The number of piperazine rings is 1. The molecule has 0 radical (unpaired) electrons. The first-order valence-electron chi connectivity index (χ1n) is 12.1. The standard InChI is InChI=1S/C28H21F2IN4O2/c1-3-16-18(29)6-4-13-8-15(36)9-17(21(13)16)26-24(30)22-23-27(32-12(2)25(22)31)35-10-14-5-7-19(33-14)20(35)11-37-28(23)34-26/h1,4,6,8-9,14,19-20,33,36H,5,7,10-11H2,2H3/t14-,19+,20-/m1/s1. The highest BCUT2D eigenvalue weighted by atomic mass is 127. The van der Waals surface area contributed by atoms with Crippen molar-refractivity contribution in [3.8, 4) is 35.2 Å². The maximum Gasteiger partial charge on any atom is 0.226 e. The summed E-state index contributed by atoms with van der Waals surface area (Å²) in [6, 6.07) is 6.24. The molecule has 0 unspecified atom stereocenters. The summed E-state index contributed by atoms with van der Waals surface area (Å²) in [5.41, 5.74) is 0.838. The van der Waals surface area contributed by atoms with Gasteiger partial charge in [0.15, 0.2) is 5.82 Å². The number of aromatic hydroxyl groups is 1. The van der Waals surface area contributed by atoms with Gasteiger partial charge < -0.3 is 20.1 Å². The number of phenolic OH excluding ortho intramolecular Hbond substituents is 1. The lowest BCUT2D eigenvalue weighted by molar-refractivity contribution is 0.238. The summed E-state index contributed by atoms with van der Waals surface area (Å²) in [4.78, 5) is 11.8. The summed E-state index contributed by atoms with van der Waals surface area (Å²) in [6.45, 7) is 3.00. The zero-order valence-electron chi connectivity index (χ0n) is 19.8. The minimum atomic E-state index is -0.603. The number of pyridine rings is 2. The van der Waals surface area contributed by atoms with Crippen LogP contribution in [-0.4, -0.2) is 46.4 Å². The number of anilines is 1. The second-order valence-electron chi connectivity index (χ2n) is 9.90. The fraction of sp³-hybridized carbons (Fsp3) is 0.286. The molecule has 2 saturated heterocycles. The van der Waals surface area contributed by atoms with Crippen molar-refractivity contribution in [3.63, 3.8) is 0 Å². The van der Waals surface area contributed by atoms with Crippen LogP contribution < -0.4 is 15.0 Å². The molecular weight excluding hydrogens is 589 g/mol. The van der Waals surface area contributed by atoms with Crippen LogP contribution in [0.2, 0.25) is 0 Å². The summed E-state index contributed by atoms with van der Waals surface area (Å²) in [6.07, 6.45) is 7.79. The Hall–Kier alpha value is -3.23. The van der Waals surface area contributed by atoms with E-state index in [2.05, 4.69) is 43.7 Å². The molecule has 4 aromatic rings. The fourth-order valence-electron chi connectivity index (χ4n) is 6.14. The summed E-state index contributed by atoms with van der Waals surface area (Å²) in [5, 5.41) is 15.8. The molecule has 0 spiro atoms. The number of aryl methyl sites for hydroxylation is 1. The van der Waals surface area contributed by atoms with E-state index in [1.54, 1.807) is 0 Å². The fourth-order valence-corrected chi connectivity index (χ4v) is 6.77. The second kappa shape index (κ2) is 8.13. The number of aromatic nitrogens is 2. The third-order valence-corrected chi connectivity index (χ3v) is 9.13. The minimum absolute atomic E-state index is 0.0129. The van der Waals surface area contributed by atoms with Crippen LogP contribution in [0.5, 0.6) is 11.6 Å². The van der Waals surface area contributed by atoms with Crippen molar-refractivity contribution >= 4 is 50.0 Å². The van der Waals surface area contributed by atoms with Gasteiger partial charge in [-0.1, -0.05) is 12.0 Å². The van der Waals surface area contributed by atoms with E-state index >= 15 is 4.39 Å². The number of nitrogens with zero attached hydrogens (tertiary/aromatic N) is 3. The molecular formula is C28H21F2IN4O2. The van der Waals surface area contributed by atoms with E-state index in [1.807, 2.05) is 6.92 Å². The number of terminal acetylenes is 1. The number of nitrogens with one attached hydrogen (secondary N) is 1. The van der Waals surface area contributed by atoms with E-state index in [0.29, 0.717) is 49.3 Å². The monoisotopic (exact) mass is 610 g/mol. The van der Waals surface area contributed by atoms with Gasteiger partial charge in [0.05, 0.1) is 22.7 Å². The van der Waals surface area contributed by atoms with Crippen LogP contribution in [0.15, 0.2) is 24.3 Å². The van der Waals surface area contributed by atoms with Crippen molar-refractivity contribution in [2.45, 2.75) is 37.9 Å². The van der Waals surface area contributed by atoms with E-state index in [1.165, 1.54) is 24.3 Å². The average molecular weight is 610 g/mol. The Morgan fingerprint density at radius 2 is 2.03 bits per heavy atom. The Kier molecular flexibility index (Phi) is 5.04. The van der Waals surface area contributed by atoms with E-state index in [-0.39, 0.29) is 40.5 Å². The van der Waals surface area contributed by atoms with Crippen LogP contribution in [-0.2, 0) is 0 Å². The summed E-state index contributed by atoms with van der Waals surface area (Å²) >= 11 is 2.10. The van der Waals surface area contributed by atoms with Gasteiger partial charge in [-0.2, -0.15) is 0 Å². The second-order valence-corrected chi connectivity index (χ2v) is 11.0. The molecule has 2 bridgehead atoms. The summed E-state index contributed by atoms with van der Waals surface area (Å²) in [7, 11) is 0. The molecule has 3 aliphatic rings. The van der Waals surface area contributed by atoms with Crippen LogP contribution in [0.4, 0.5) is 14.6 Å². The number of rotatable bonds is 1. The number of phenols is 1. The molecule has 186 valence electrons. The number of ether oxygens (including phenoxy) is 1. The Bertz CT molecular complexity index is 1700. The maximum atomic E-state index is 16.6. The van der Waals surface area contributed by atoms with Gasteiger partial charge in [-0.05, 0) is 65.9 Å². The van der Waals surface area contributed by atoms with Crippen LogP contribution >= 0.6 is 22.6 Å². The number of benzene rings is 2. The van der Waals surface area contributed by atoms with Crippen LogP contribution in [0, 0.1) is 34.5 Å². The molecule has 2 aromatic carbocycles. The van der Waals surface area contributed by atoms with Crippen molar-refractivity contribution in [2.75, 3.05) is 18.1 Å². The van der Waals surface area contributed by atoms with Crippen molar-refractivity contribution in [1.82, 2.24) is 15.3 Å². The first kappa shape index (κ1) is 22.9. The van der Waals surface area contributed by atoms with Crippen molar-refractivity contribution in [1.29, 1.82) is 0 Å². The van der Waals surface area contributed by atoms with Gasteiger partial charge >= 0.3 is 0 Å². The molecule has 2 N–H and O–H groups in total. The molecule has 2 fully saturated rings. The molecule has 6 nitrogen and oxygen atoms in total. The third kappa shape index (κ3) is 3.25. The summed E-state index contributed by atoms with van der Waals surface area (Å²) < 4.78 is 38.3. The number of fused-ring (bicyclic) bond motifs is 6. The molecule has 37 heavy (non-hydrogen) atoms. The summed E-state index contributed by atoms with van der Waals surface area (Å²) in [5.74, 6) is 2.04. The third-order valence-electron chi connectivity index (χ3n) is 7.81. The predicted octanol–water partition coefficient (Wildman–Crippen LogP) is 5.03. The zero-order chi connectivity index (χ0) is 25.6. The van der Waals surface area contributed by atoms with Gasteiger partial charge in [0.1, 0.15) is 29.7 Å². The highest BCUT2D eigenvalue weighted by Crippen LogP contribution is 2.46. The molecule has 0 aliphatic carbocycles. The Labute approximate surface area is 225 Å². The quantitative estimate of drug-likeness (QED) is 0.233. The first-order chi connectivity index (χ1) is 17.9. The highest BCUT2D eigenvalue weighted by Gasteiger charge is 2.44. The predicted molar refractivity (Wildman–Crippen MR) is 146 cm³/mol. The van der Waals surface area contributed by atoms with Crippen molar-refractivity contribution in [3.05, 3.63) is 50.7 Å². The molecule has 2 aromatic heterocycles. The van der Waals surface area contributed by atoms with E-state index < -0.39 is 11.6 Å². The number of hydrogen-bond acceptors (Lipinski definition) is 6. The van der Waals surface area contributed by atoms with Gasteiger partial charge in [0, 0.05) is 38.5 Å². The van der Waals surface area contributed by atoms with E-state index in [0.717, 1.165) is 19.4 Å². The lowest BCUT2D eigenvalue weighted by Crippen LogP contribution is -2.60. The molecule has 3 aliphatic heterocycles. The van der Waals surface area contributed by atoms with Gasteiger partial charge in [0.25, 0.3) is 0 Å². The topological polar surface area (TPSA) is 70.5 Å². The zero-order valence-corrected chi connectivity index (χ0v) is 21.9.